The van der Waals surface area contributed by atoms with Crippen LogP contribution in [-0.4, -0.2) is 57.5 Å². The Bertz CT molecular complexity index is 740. The minimum atomic E-state index is -3.09. The van der Waals surface area contributed by atoms with E-state index in [2.05, 4.69) is 10.1 Å². The second-order valence-corrected chi connectivity index (χ2v) is 7.54. The Labute approximate surface area is 139 Å². The third kappa shape index (κ3) is 4.79. The van der Waals surface area contributed by atoms with Gasteiger partial charge in [0, 0.05) is 6.04 Å². The summed E-state index contributed by atoms with van der Waals surface area (Å²) in [6.07, 6.45) is 0.358. The number of amides is 1. The number of rotatable bonds is 5. The number of carbonyl (C=O) groups is 3. The van der Waals surface area contributed by atoms with Crippen molar-refractivity contribution >= 4 is 27.7 Å². The first-order chi connectivity index (χ1) is 11.3. The molecule has 1 aromatic carbocycles. The largest absolute Gasteiger partial charge is 0.465 e. The van der Waals surface area contributed by atoms with E-state index in [0.717, 1.165) is 0 Å². The number of ether oxygens (including phenoxy) is 2. The van der Waals surface area contributed by atoms with E-state index in [1.165, 1.54) is 31.4 Å². The summed E-state index contributed by atoms with van der Waals surface area (Å²) in [5, 5.41) is 2.52. The van der Waals surface area contributed by atoms with Gasteiger partial charge in [0.1, 0.15) is 0 Å². The highest BCUT2D eigenvalue weighted by molar-refractivity contribution is 7.91. The van der Waals surface area contributed by atoms with E-state index in [1.807, 2.05) is 0 Å². The molecule has 1 aliphatic heterocycles. The molecular formula is C15H17NO7S. The Hall–Kier alpha value is -2.42. The van der Waals surface area contributed by atoms with Crippen LogP contribution in [0.3, 0.4) is 0 Å². The van der Waals surface area contributed by atoms with Gasteiger partial charge < -0.3 is 14.8 Å². The number of hydrogen-bond acceptors (Lipinski definition) is 7. The van der Waals surface area contributed by atoms with E-state index in [4.69, 9.17) is 4.74 Å². The first kappa shape index (κ1) is 17.9. The van der Waals surface area contributed by atoms with Crippen molar-refractivity contribution in [3.05, 3.63) is 35.4 Å². The maximum Gasteiger partial charge on any atom is 0.338 e. The summed E-state index contributed by atoms with van der Waals surface area (Å²) < 4.78 is 32.0. The monoisotopic (exact) mass is 355 g/mol. The third-order valence-electron chi connectivity index (χ3n) is 3.47. The van der Waals surface area contributed by atoms with Crippen LogP contribution in [0.4, 0.5) is 0 Å². The van der Waals surface area contributed by atoms with Crippen LogP contribution in [0.25, 0.3) is 0 Å². The highest BCUT2D eigenvalue weighted by atomic mass is 32.2. The number of sulfone groups is 1. The summed E-state index contributed by atoms with van der Waals surface area (Å²) in [6, 6.07) is 5.14. The van der Waals surface area contributed by atoms with Crippen LogP contribution in [0, 0.1) is 0 Å². The predicted molar refractivity (Wildman–Crippen MR) is 83.3 cm³/mol. The molecular weight excluding hydrogens is 338 g/mol. The van der Waals surface area contributed by atoms with E-state index < -0.39 is 40.3 Å². The molecule has 0 radical (unpaired) electrons. The first-order valence-electron chi connectivity index (χ1n) is 7.16. The molecule has 1 saturated heterocycles. The van der Waals surface area contributed by atoms with Gasteiger partial charge in [-0.05, 0) is 30.7 Å². The zero-order valence-electron chi connectivity index (χ0n) is 13.0. The summed E-state index contributed by atoms with van der Waals surface area (Å²) >= 11 is 0. The molecule has 0 aliphatic carbocycles. The molecule has 8 nitrogen and oxygen atoms in total. The number of carbonyl (C=O) groups excluding carboxylic acids is 3. The number of hydrogen-bond donors (Lipinski definition) is 1. The molecule has 1 aromatic rings. The summed E-state index contributed by atoms with van der Waals surface area (Å²) in [6.45, 7) is -0.506. The van der Waals surface area contributed by atoms with Crippen LogP contribution in [-0.2, 0) is 24.1 Å². The van der Waals surface area contributed by atoms with Crippen molar-refractivity contribution in [1.29, 1.82) is 0 Å². The zero-order chi connectivity index (χ0) is 17.7. The Morgan fingerprint density at radius 3 is 2.21 bits per heavy atom. The highest BCUT2D eigenvalue weighted by Gasteiger charge is 2.29. The highest BCUT2D eigenvalue weighted by Crippen LogP contribution is 2.11. The molecule has 0 spiro atoms. The fourth-order valence-corrected chi connectivity index (χ4v) is 3.93. The maximum absolute atomic E-state index is 11.8. The average molecular weight is 355 g/mol. The van der Waals surface area contributed by atoms with Crippen LogP contribution < -0.4 is 5.32 Å². The van der Waals surface area contributed by atoms with E-state index in [9.17, 15) is 22.8 Å². The van der Waals surface area contributed by atoms with Crippen LogP contribution in [0.15, 0.2) is 24.3 Å². The zero-order valence-corrected chi connectivity index (χ0v) is 13.8. The SMILES string of the molecule is COC(=O)c1ccc(C(=O)OCC(=O)N[C@H]2CCS(=O)(=O)C2)cc1. The minimum Gasteiger partial charge on any atom is -0.465 e. The van der Waals surface area contributed by atoms with E-state index in [-0.39, 0.29) is 22.6 Å². The summed E-state index contributed by atoms with van der Waals surface area (Å²) in [7, 11) is -1.84. The van der Waals surface area contributed by atoms with Gasteiger partial charge in [-0.1, -0.05) is 0 Å². The number of nitrogens with one attached hydrogen (secondary N) is 1. The van der Waals surface area contributed by atoms with Crippen molar-refractivity contribution in [2.75, 3.05) is 25.2 Å². The van der Waals surface area contributed by atoms with Gasteiger partial charge in [-0.15, -0.1) is 0 Å². The average Bonchev–Trinajstić information content (AvgIpc) is 2.90. The fraction of sp³-hybridized carbons (Fsp3) is 0.400. The van der Waals surface area contributed by atoms with Crippen LogP contribution >= 0.6 is 0 Å². The maximum atomic E-state index is 11.8. The summed E-state index contributed by atoms with van der Waals surface area (Å²) in [4.78, 5) is 34.8. The minimum absolute atomic E-state index is 0.0459. The summed E-state index contributed by atoms with van der Waals surface area (Å²) in [5.74, 6) is -1.86. The molecule has 2 rings (SSSR count). The van der Waals surface area contributed by atoms with Gasteiger partial charge in [-0.3, -0.25) is 4.79 Å². The second-order valence-electron chi connectivity index (χ2n) is 5.31. The quantitative estimate of drug-likeness (QED) is 0.735. The van der Waals surface area contributed by atoms with E-state index >= 15 is 0 Å². The number of esters is 2. The molecule has 1 aliphatic rings. The van der Waals surface area contributed by atoms with Gasteiger partial charge in [0.15, 0.2) is 16.4 Å². The molecule has 1 fully saturated rings. The van der Waals surface area contributed by atoms with Crippen molar-refractivity contribution in [2.24, 2.45) is 0 Å². The van der Waals surface area contributed by atoms with Gasteiger partial charge in [0.2, 0.25) is 0 Å². The Morgan fingerprint density at radius 1 is 1.12 bits per heavy atom. The second kappa shape index (κ2) is 7.43. The van der Waals surface area contributed by atoms with Crippen molar-refractivity contribution < 1.29 is 32.3 Å². The molecule has 24 heavy (non-hydrogen) atoms. The molecule has 9 heteroatoms. The van der Waals surface area contributed by atoms with Crippen molar-refractivity contribution in [3.63, 3.8) is 0 Å². The molecule has 0 bridgehead atoms. The van der Waals surface area contributed by atoms with Crippen LogP contribution in [0.2, 0.25) is 0 Å². The van der Waals surface area contributed by atoms with Gasteiger partial charge in [0.05, 0.1) is 29.7 Å². The molecule has 1 heterocycles. The Morgan fingerprint density at radius 2 is 1.71 bits per heavy atom. The lowest BCUT2D eigenvalue weighted by Gasteiger charge is -2.11. The van der Waals surface area contributed by atoms with Crippen LogP contribution in [0.1, 0.15) is 27.1 Å². The smallest absolute Gasteiger partial charge is 0.338 e. The van der Waals surface area contributed by atoms with Gasteiger partial charge >= 0.3 is 11.9 Å². The van der Waals surface area contributed by atoms with Crippen molar-refractivity contribution in [1.82, 2.24) is 5.32 Å². The third-order valence-corrected chi connectivity index (χ3v) is 5.24. The van der Waals surface area contributed by atoms with Gasteiger partial charge in [-0.2, -0.15) is 0 Å². The fourth-order valence-electron chi connectivity index (χ4n) is 2.25. The van der Waals surface area contributed by atoms with Gasteiger partial charge in [-0.25, -0.2) is 18.0 Å². The van der Waals surface area contributed by atoms with Crippen LogP contribution in [0.5, 0.6) is 0 Å². The molecule has 1 amide bonds. The topological polar surface area (TPSA) is 116 Å². The first-order valence-corrected chi connectivity index (χ1v) is 8.98. The van der Waals surface area contributed by atoms with Crippen molar-refractivity contribution in [3.8, 4) is 0 Å². The lowest BCUT2D eigenvalue weighted by Crippen LogP contribution is -2.38. The standard InChI is InChI=1S/C15H17NO7S/c1-22-14(18)10-2-4-11(5-3-10)15(19)23-8-13(17)16-12-6-7-24(20,21)9-12/h2-5,12H,6-9H2,1H3,(H,16,17)/t12-/m0/s1. The Balaban J connectivity index is 1.82. The molecule has 0 unspecified atom stereocenters. The normalized spacial score (nSPS) is 18.6. The summed E-state index contributed by atoms with van der Waals surface area (Å²) in [5.41, 5.74) is 0.466. The van der Waals surface area contributed by atoms with Crippen molar-refractivity contribution in [2.45, 2.75) is 12.5 Å². The Kier molecular flexibility index (Phi) is 5.55. The van der Waals surface area contributed by atoms with Gasteiger partial charge in [0.25, 0.3) is 5.91 Å². The lowest BCUT2D eigenvalue weighted by molar-refractivity contribution is -0.124. The number of methoxy groups -OCH3 is 1. The van der Waals surface area contributed by atoms with E-state index in [1.54, 1.807) is 0 Å². The molecule has 130 valence electrons. The number of benzene rings is 1. The molecule has 1 N–H and O–H groups in total. The lowest BCUT2D eigenvalue weighted by atomic mass is 10.1. The van der Waals surface area contributed by atoms with E-state index in [0.29, 0.717) is 6.42 Å². The molecule has 0 aromatic heterocycles. The predicted octanol–water partition coefficient (Wildman–Crippen LogP) is -0.0667. The molecule has 0 saturated carbocycles. The molecule has 1 atom stereocenters.